The molecule has 0 aliphatic rings. The number of halogens is 3. The molecule has 0 aliphatic heterocycles. The molecule has 0 bridgehead atoms. The summed E-state index contributed by atoms with van der Waals surface area (Å²) in [7, 11) is 0. The predicted octanol–water partition coefficient (Wildman–Crippen LogP) is 3.03. The van der Waals surface area contributed by atoms with Crippen molar-refractivity contribution in [3.05, 3.63) is 27.8 Å². The summed E-state index contributed by atoms with van der Waals surface area (Å²) in [4.78, 5) is 10.9. The molecule has 1 rings (SSSR count). The first-order valence-electron chi connectivity index (χ1n) is 4.72. The van der Waals surface area contributed by atoms with E-state index >= 15 is 0 Å². The second-order valence-electron chi connectivity index (χ2n) is 3.78. The molecular weight excluding hydrogens is 237 g/mol. The Balaban J connectivity index is 3.86. The highest BCUT2D eigenvalue weighted by Crippen LogP contribution is 2.41. The van der Waals surface area contributed by atoms with E-state index < -0.39 is 34.6 Å². The van der Waals surface area contributed by atoms with Gasteiger partial charge in [-0.1, -0.05) is 0 Å². The van der Waals surface area contributed by atoms with E-state index in [2.05, 4.69) is 0 Å². The van der Waals surface area contributed by atoms with Crippen molar-refractivity contribution >= 4 is 5.97 Å². The maximum absolute atomic E-state index is 12.8. The van der Waals surface area contributed by atoms with Gasteiger partial charge in [0, 0.05) is 5.56 Å². The van der Waals surface area contributed by atoms with Crippen LogP contribution in [0.15, 0.2) is 0 Å². The molecule has 0 spiro atoms. The molecule has 0 aromatic heterocycles. The molecule has 0 fully saturated rings. The van der Waals surface area contributed by atoms with E-state index in [1.807, 2.05) is 0 Å². The van der Waals surface area contributed by atoms with E-state index in [-0.39, 0.29) is 11.1 Å². The van der Waals surface area contributed by atoms with Crippen LogP contribution in [0.3, 0.4) is 0 Å². The molecule has 0 amide bonds. The van der Waals surface area contributed by atoms with Crippen molar-refractivity contribution < 1.29 is 28.2 Å². The Morgan fingerprint density at radius 3 is 1.88 bits per heavy atom. The van der Waals surface area contributed by atoms with E-state index in [1.54, 1.807) is 0 Å². The molecule has 0 saturated heterocycles. The SMILES string of the molecule is Cc1c(C)c(C(=O)O)c(C(F)(F)F)c(C)c1O. The minimum atomic E-state index is -4.81. The van der Waals surface area contributed by atoms with Crippen LogP contribution in [0.1, 0.15) is 32.6 Å². The molecule has 2 N–H and O–H groups in total. The number of phenolic OH excluding ortho intramolecular Hbond substituents is 1. The van der Waals surface area contributed by atoms with Gasteiger partial charge in [0.2, 0.25) is 0 Å². The molecule has 0 unspecified atom stereocenters. The number of hydrogen-bond acceptors (Lipinski definition) is 2. The molecule has 94 valence electrons. The molecule has 6 heteroatoms. The fraction of sp³-hybridized carbons (Fsp3) is 0.364. The third kappa shape index (κ3) is 2.07. The van der Waals surface area contributed by atoms with Crippen LogP contribution in [0.5, 0.6) is 5.75 Å². The van der Waals surface area contributed by atoms with E-state index in [0.717, 1.165) is 6.92 Å². The van der Waals surface area contributed by atoms with Crippen LogP contribution in [0.2, 0.25) is 0 Å². The number of aromatic carboxylic acids is 1. The first-order valence-corrected chi connectivity index (χ1v) is 4.72. The normalized spacial score (nSPS) is 11.6. The van der Waals surface area contributed by atoms with Crippen LogP contribution in [-0.4, -0.2) is 16.2 Å². The van der Waals surface area contributed by atoms with Gasteiger partial charge in [0.1, 0.15) is 5.75 Å². The monoisotopic (exact) mass is 248 g/mol. The van der Waals surface area contributed by atoms with Crippen molar-refractivity contribution in [1.82, 2.24) is 0 Å². The molecule has 1 aromatic rings. The van der Waals surface area contributed by atoms with Gasteiger partial charge in [-0.3, -0.25) is 0 Å². The Labute approximate surface area is 95.5 Å². The summed E-state index contributed by atoms with van der Waals surface area (Å²) in [5, 5.41) is 18.4. The second-order valence-corrected chi connectivity index (χ2v) is 3.78. The number of benzene rings is 1. The topological polar surface area (TPSA) is 57.5 Å². The third-order valence-electron chi connectivity index (χ3n) is 2.77. The van der Waals surface area contributed by atoms with E-state index in [1.165, 1.54) is 13.8 Å². The fourth-order valence-electron chi connectivity index (χ4n) is 1.76. The summed E-state index contributed by atoms with van der Waals surface area (Å²) in [5.41, 5.74) is -2.48. The van der Waals surface area contributed by atoms with E-state index in [9.17, 15) is 23.1 Å². The van der Waals surface area contributed by atoms with Crippen molar-refractivity contribution in [2.75, 3.05) is 0 Å². The van der Waals surface area contributed by atoms with Gasteiger partial charge in [-0.05, 0) is 31.9 Å². The van der Waals surface area contributed by atoms with Gasteiger partial charge < -0.3 is 10.2 Å². The van der Waals surface area contributed by atoms with Gasteiger partial charge in [-0.15, -0.1) is 0 Å². The number of rotatable bonds is 1. The number of carbonyl (C=O) groups is 1. The summed E-state index contributed by atoms with van der Waals surface area (Å²) in [6, 6.07) is 0. The van der Waals surface area contributed by atoms with Crippen LogP contribution in [0.25, 0.3) is 0 Å². The fourth-order valence-corrected chi connectivity index (χ4v) is 1.76. The number of hydrogen-bond donors (Lipinski definition) is 2. The number of carboxylic acid groups (broad SMARTS) is 1. The molecule has 1 aromatic carbocycles. The average molecular weight is 248 g/mol. The van der Waals surface area contributed by atoms with Crippen LogP contribution in [-0.2, 0) is 6.18 Å². The minimum Gasteiger partial charge on any atom is -0.507 e. The molecule has 0 aliphatic carbocycles. The van der Waals surface area contributed by atoms with Crippen LogP contribution in [0, 0.1) is 20.8 Å². The number of phenols is 1. The number of alkyl halides is 3. The average Bonchev–Trinajstić information content (AvgIpc) is 2.17. The highest BCUT2D eigenvalue weighted by molar-refractivity contribution is 5.93. The second kappa shape index (κ2) is 3.94. The number of aromatic hydroxyl groups is 1. The zero-order chi connectivity index (χ0) is 13.5. The Morgan fingerprint density at radius 1 is 1.06 bits per heavy atom. The number of carboxylic acids is 1. The molecule has 17 heavy (non-hydrogen) atoms. The third-order valence-corrected chi connectivity index (χ3v) is 2.77. The van der Waals surface area contributed by atoms with E-state index in [0.29, 0.717) is 0 Å². The van der Waals surface area contributed by atoms with Crippen molar-refractivity contribution in [3.8, 4) is 5.75 Å². The van der Waals surface area contributed by atoms with Gasteiger partial charge in [0.15, 0.2) is 0 Å². The van der Waals surface area contributed by atoms with Crippen molar-refractivity contribution in [1.29, 1.82) is 0 Å². The van der Waals surface area contributed by atoms with Crippen LogP contribution < -0.4 is 0 Å². The molecule has 0 saturated carbocycles. The summed E-state index contributed by atoms with van der Waals surface area (Å²) in [6.07, 6.45) is -4.81. The standard InChI is InChI=1S/C11H11F3O3/c1-4-5(2)9(15)6(3)8(11(12,13)14)7(4)10(16)17/h15H,1-3H3,(H,16,17). The van der Waals surface area contributed by atoms with E-state index in [4.69, 9.17) is 5.11 Å². The first kappa shape index (κ1) is 13.3. The van der Waals surface area contributed by atoms with Gasteiger partial charge in [-0.2, -0.15) is 13.2 Å². The summed E-state index contributed by atoms with van der Waals surface area (Å²) in [5.74, 6) is -2.17. The predicted molar refractivity (Wildman–Crippen MR) is 54.3 cm³/mol. The molecule has 3 nitrogen and oxygen atoms in total. The lowest BCUT2D eigenvalue weighted by molar-refractivity contribution is -0.138. The zero-order valence-corrected chi connectivity index (χ0v) is 9.44. The Morgan fingerprint density at radius 2 is 1.53 bits per heavy atom. The van der Waals surface area contributed by atoms with Gasteiger partial charge in [0.05, 0.1) is 11.1 Å². The van der Waals surface area contributed by atoms with Gasteiger partial charge in [-0.25, -0.2) is 4.79 Å². The van der Waals surface area contributed by atoms with Gasteiger partial charge >= 0.3 is 12.1 Å². The molecular formula is C11H11F3O3. The van der Waals surface area contributed by atoms with Crippen molar-refractivity contribution in [2.24, 2.45) is 0 Å². The Bertz CT molecular complexity index is 490. The summed E-state index contributed by atoms with van der Waals surface area (Å²) in [6.45, 7) is 3.68. The minimum absolute atomic E-state index is 0.0760. The quantitative estimate of drug-likeness (QED) is 0.803. The summed E-state index contributed by atoms with van der Waals surface area (Å²) >= 11 is 0. The smallest absolute Gasteiger partial charge is 0.417 e. The maximum atomic E-state index is 12.8. The van der Waals surface area contributed by atoms with Crippen molar-refractivity contribution in [3.63, 3.8) is 0 Å². The lowest BCUT2D eigenvalue weighted by Crippen LogP contribution is -2.17. The van der Waals surface area contributed by atoms with Crippen molar-refractivity contribution in [2.45, 2.75) is 26.9 Å². The van der Waals surface area contributed by atoms with Crippen LogP contribution in [0.4, 0.5) is 13.2 Å². The molecule has 0 atom stereocenters. The summed E-state index contributed by atoms with van der Waals surface area (Å²) < 4.78 is 38.4. The highest BCUT2D eigenvalue weighted by Gasteiger charge is 2.39. The van der Waals surface area contributed by atoms with Gasteiger partial charge in [0.25, 0.3) is 0 Å². The lowest BCUT2D eigenvalue weighted by Gasteiger charge is -2.18. The highest BCUT2D eigenvalue weighted by atomic mass is 19.4. The Hall–Kier alpha value is -1.72. The first-order chi connectivity index (χ1) is 7.59. The Kier molecular flexibility index (Phi) is 3.09. The maximum Gasteiger partial charge on any atom is 0.417 e. The molecule has 0 radical (unpaired) electrons. The van der Waals surface area contributed by atoms with Crippen LogP contribution >= 0.6 is 0 Å². The molecule has 0 heterocycles. The largest absolute Gasteiger partial charge is 0.507 e. The lowest BCUT2D eigenvalue weighted by atomic mass is 9.92. The zero-order valence-electron chi connectivity index (χ0n) is 9.44.